The molecule has 0 unspecified atom stereocenters. The molecule has 0 aliphatic rings. The van der Waals surface area contributed by atoms with Gasteiger partial charge in [0.05, 0.1) is 47.8 Å². The standard InChI is InChI=1S/8C4H6O2.2C/c8*1-3(2)4(5)6;;/h8*1H2,2H3,(H,5,6);;/q;;;;;;;;2*+4/p-8. The largest absolute Gasteiger partial charge is 4.00 e. The summed E-state index contributed by atoms with van der Waals surface area (Å²) in [5.74, 6) is -9.48. The van der Waals surface area contributed by atoms with Crippen molar-refractivity contribution in [3.63, 3.8) is 0 Å². The molecule has 0 bridgehead atoms. The minimum atomic E-state index is -1.19. The van der Waals surface area contributed by atoms with Crippen LogP contribution in [-0.2, 0) is 38.4 Å². The van der Waals surface area contributed by atoms with Crippen molar-refractivity contribution in [3.8, 4) is 0 Å². The Kier molecular flexibility index (Phi) is 59.9. The first-order valence-electron chi connectivity index (χ1n) is 12.1. The van der Waals surface area contributed by atoms with Crippen LogP contribution >= 0.6 is 0 Å². The Bertz CT molecular complexity index is 862. The number of carboxylic acids is 8. The van der Waals surface area contributed by atoms with E-state index in [0.29, 0.717) is 0 Å². The Balaban J connectivity index is -0.0000000455. The second kappa shape index (κ2) is 42.7. The third-order valence-electron chi connectivity index (χ3n) is 2.79. The number of hydrogen-bond acceptors (Lipinski definition) is 16. The van der Waals surface area contributed by atoms with Crippen LogP contribution in [0.4, 0.5) is 0 Å². The monoisotopic (exact) mass is 704 g/mol. The van der Waals surface area contributed by atoms with E-state index >= 15 is 0 Å². The zero-order valence-electron chi connectivity index (χ0n) is 29.2. The first kappa shape index (κ1) is 70.1. The molecule has 0 rings (SSSR count). The molecular weight excluding hydrogens is 664 g/mol. The molecular formula is C34H40O16. The molecule has 272 valence electrons. The molecule has 0 heterocycles. The van der Waals surface area contributed by atoms with Crippen LogP contribution in [0, 0.1) is 14.9 Å². The summed E-state index contributed by atoms with van der Waals surface area (Å²) in [6.45, 7) is 35.8. The number of carboxylic acid groups (broad SMARTS) is 8. The molecule has 0 atom stereocenters. The van der Waals surface area contributed by atoms with Crippen LogP contribution < -0.4 is 40.9 Å². The van der Waals surface area contributed by atoms with Gasteiger partial charge < -0.3 is 79.2 Å². The van der Waals surface area contributed by atoms with E-state index in [0.717, 1.165) is 0 Å². The Morgan fingerprint density at radius 2 is 0.260 bits per heavy atom. The van der Waals surface area contributed by atoms with Crippen molar-refractivity contribution < 1.29 is 79.2 Å². The van der Waals surface area contributed by atoms with Crippen molar-refractivity contribution in [3.05, 3.63) is 112 Å². The van der Waals surface area contributed by atoms with E-state index < -0.39 is 47.8 Å². The van der Waals surface area contributed by atoms with Gasteiger partial charge in [-0.15, -0.1) is 0 Å². The molecule has 50 heavy (non-hydrogen) atoms. The smallest absolute Gasteiger partial charge is 0.545 e. The van der Waals surface area contributed by atoms with E-state index in [4.69, 9.17) is 0 Å². The van der Waals surface area contributed by atoms with Crippen molar-refractivity contribution in [1.29, 1.82) is 0 Å². The van der Waals surface area contributed by atoms with Gasteiger partial charge in [0.1, 0.15) is 0 Å². The molecule has 0 spiro atoms. The molecule has 16 heteroatoms. The van der Waals surface area contributed by atoms with E-state index in [9.17, 15) is 79.2 Å². The minimum absolute atomic E-state index is 0. The van der Waals surface area contributed by atoms with Gasteiger partial charge in [0, 0.05) is 0 Å². The van der Waals surface area contributed by atoms with Gasteiger partial charge in [-0.2, -0.15) is 0 Å². The maximum atomic E-state index is 9.49. The van der Waals surface area contributed by atoms with Crippen LogP contribution in [0.1, 0.15) is 55.4 Å². The van der Waals surface area contributed by atoms with Crippen molar-refractivity contribution >= 4 is 47.8 Å². The van der Waals surface area contributed by atoms with Gasteiger partial charge in [0.15, 0.2) is 0 Å². The second-order valence-electron chi connectivity index (χ2n) is 8.54. The molecule has 0 N–H and O–H groups in total. The molecule has 0 radical (unpaired) electrons. The minimum Gasteiger partial charge on any atom is -0.545 e. The second-order valence-corrected chi connectivity index (χ2v) is 8.54. The summed E-state index contributed by atoms with van der Waals surface area (Å²) in [4.78, 5) is 75.9. The van der Waals surface area contributed by atoms with Crippen LogP contribution in [0.25, 0.3) is 0 Å². The van der Waals surface area contributed by atoms with Gasteiger partial charge in [-0.05, 0) is 100.0 Å². The SMILES string of the molecule is C=C(C)C(=O)[O-].C=C(C)C(=O)[O-].C=C(C)C(=O)[O-].C=C(C)C(=O)[O-].C=C(C)C(=O)[O-].C=C(C)C(=O)[O-].C=C(C)C(=O)[O-].C=C(C)C(=O)[O-].[C+4].[C+4]. The Hall–Kier alpha value is -6.32. The van der Waals surface area contributed by atoms with Crippen LogP contribution in [0.3, 0.4) is 0 Å². The molecule has 0 aliphatic carbocycles. The average molecular weight is 705 g/mol. The summed E-state index contributed by atoms with van der Waals surface area (Å²) < 4.78 is 0. The maximum Gasteiger partial charge on any atom is 4.00 e. The van der Waals surface area contributed by atoms with Crippen molar-refractivity contribution in [2.45, 2.75) is 55.4 Å². The van der Waals surface area contributed by atoms with E-state index in [2.05, 4.69) is 52.6 Å². The van der Waals surface area contributed by atoms with Crippen molar-refractivity contribution in [2.75, 3.05) is 0 Å². The van der Waals surface area contributed by atoms with E-state index in [1.165, 1.54) is 55.4 Å². The zero-order valence-corrected chi connectivity index (χ0v) is 29.2. The fourth-order valence-electron chi connectivity index (χ4n) is 0. The predicted octanol–water partition coefficient (Wildman–Crippen LogP) is -5.34. The predicted molar refractivity (Wildman–Crippen MR) is 165 cm³/mol. The third-order valence-corrected chi connectivity index (χ3v) is 2.79. The van der Waals surface area contributed by atoms with Gasteiger partial charge >= 0.3 is 14.9 Å². The zero-order chi connectivity index (χ0) is 41.2. The van der Waals surface area contributed by atoms with Gasteiger partial charge in [-0.3, -0.25) is 0 Å². The molecule has 0 aromatic rings. The third kappa shape index (κ3) is 105. The maximum absolute atomic E-state index is 9.49. The molecule has 0 fully saturated rings. The molecule has 0 aliphatic heterocycles. The van der Waals surface area contributed by atoms with Crippen LogP contribution in [0.5, 0.6) is 0 Å². The van der Waals surface area contributed by atoms with Gasteiger partial charge in [-0.1, -0.05) is 52.6 Å². The Morgan fingerprint density at radius 3 is 0.260 bits per heavy atom. The van der Waals surface area contributed by atoms with E-state index in [1.807, 2.05) is 0 Å². The molecule has 0 aromatic carbocycles. The summed E-state index contributed by atoms with van der Waals surface area (Å²) in [7, 11) is 0. The van der Waals surface area contributed by atoms with Crippen LogP contribution in [-0.4, -0.2) is 47.8 Å². The normalized spacial score (nSPS) is 7.20. The quantitative estimate of drug-likeness (QED) is 0.213. The van der Waals surface area contributed by atoms with Crippen molar-refractivity contribution in [1.82, 2.24) is 0 Å². The Labute approximate surface area is 294 Å². The topological polar surface area (TPSA) is 321 Å². The van der Waals surface area contributed by atoms with Gasteiger partial charge in [-0.25, -0.2) is 0 Å². The van der Waals surface area contributed by atoms with E-state index in [-0.39, 0.29) is 59.4 Å². The fraction of sp³-hybridized carbons (Fsp3) is 0.235. The van der Waals surface area contributed by atoms with Gasteiger partial charge in [0.25, 0.3) is 0 Å². The first-order chi connectivity index (χ1) is 21.1. The summed E-state index contributed by atoms with van der Waals surface area (Å²) in [6.07, 6.45) is 0. The number of hydrogen-bond donors (Lipinski definition) is 0. The molecule has 0 saturated heterocycles. The van der Waals surface area contributed by atoms with Crippen molar-refractivity contribution in [2.24, 2.45) is 0 Å². The molecule has 0 amide bonds. The Morgan fingerprint density at radius 1 is 0.240 bits per heavy atom. The number of aliphatic carboxylic acids is 8. The number of carbonyl (C=O) groups excluding carboxylic acids is 8. The molecule has 0 aromatic heterocycles. The molecule has 16 nitrogen and oxygen atoms in total. The summed E-state index contributed by atoms with van der Waals surface area (Å²) >= 11 is 0. The number of carbonyl (C=O) groups is 8. The van der Waals surface area contributed by atoms with Crippen LogP contribution in [0.15, 0.2) is 97.2 Å². The summed E-state index contributed by atoms with van der Waals surface area (Å²) in [6, 6.07) is 0. The average Bonchev–Trinajstić information content (AvgIpc) is 2.90. The summed E-state index contributed by atoms with van der Waals surface area (Å²) in [5, 5.41) is 75.9. The summed E-state index contributed by atoms with van der Waals surface area (Å²) in [5.41, 5.74) is 0.519. The molecule has 0 saturated carbocycles. The first-order valence-corrected chi connectivity index (χ1v) is 12.1. The van der Waals surface area contributed by atoms with Crippen LogP contribution in [0.2, 0.25) is 0 Å². The van der Waals surface area contributed by atoms with Gasteiger partial charge in [0.2, 0.25) is 0 Å². The van der Waals surface area contributed by atoms with E-state index in [1.54, 1.807) is 0 Å². The number of rotatable bonds is 8. The fourth-order valence-corrected chi connectivity index (χ4v) is 0.